The van der Waals surface area contributed by atoms with Gasteiger partial charge in [-0.3, -0.25) is 0 Å². The van der Waals surface area contributed by atoms with E-state index in [1.807, 2.05) is 0 Å². The molecular formula is C16H26N2. The molecule has 1 aromatic carbocycles. The van der Waals surface area contributed by atoms with Gasteiger partial charge in [0.15, 0.2) is 0 Å². The minimum absolute atomic E-state index is 1.00. The summed E-state index contributed by atoms with van der Waals surface area (Å²) in [6, 6.07) is 6.75. The standard InChI is InChI=1S/C16H26N2/c1-14-6-7-16(12-15(14)2)13-17-8-5-11-18-9-3-4-10-18/h6-7,12,17H,3-5,8-11,13H2,1-2H3. The molecule has 1 aliphatic heterocycles. The second-order valence-electron chi connectivity index (χ2n) is 5.50. The van der Waals surface area contributed by atoms with Crippen LogP contribution in [-0.2, 0) is 6.54 Å². The highest BCUT2D eigenvalue weighted by Crippen LogP contribution is 2.10. The first-order valence-electron chi connectivity index (χ1n) is 7.25. The maximum Gasteiger partial charge on any atom is 0.0205 e. The van der Waals surface area contributed by atoms with Crippen LogP contribution in [0, 0.1) is 13.8 Å². The van der Waals surface area contributed by atoms with Crippen LogP contribution >= 0.6 is 0 Å². The van der Waals surface area contributed by atoms with Gasteiger partial charge in [0.25, 0.3) is 0 Å². The lowest BCUT2D eigenvalue weighted by atomic mass is 10.1. The van der Waals surface area contributed by atoms with Crippen molar-refractivity contribution in [2.24, 2.45) is 0 Å². The number of nitrogens with one attached hydrogen (secondary N) is 1. The first-order chi connectivity index (χ1) is 8.75. The zero-order chi connectivity index (χ0) is 12.8. The maximum atomic E-state index is 3.55. The molecule has 1 heterocycles. The molecule has 0 unspecified atom stereocenters. The van der Waals surface area contributed by atoms with Crippen LogP contribution in [0.25, 0.3) is 0 Å². The van der Waals surface area contributed by atoms with Crippen LogP contribution in [-0.4, -0.2) is 31.1 Å². The van der Waals surface area contributed by atoms with E-state index in [-0.39, 0.29) is 0 Å². The molecule has 0 aliphatic carbocycles. The Bertz CT molecular complexity index is 367. The van der Waals surface area contributed by atoms with E-state index in [9.17, 15) is 0 Å². The van der Waals surface area contributed by atoms with Gasteiger partial charge in [-0.05, 0) is 76.0 Å². The van der Waals surface area contributed by atoms with Crippen LogP contribution in [0.2, 0.25) is 0 Å². The zero-order valence-electron chi connectivity index (χ0n) is 11.8. The zero-order valence-corrected chi connectivity index (χ0v) is 11.8. The predicted octanol–water partition coefficient (Wildman–Crippen LogP) is 2.88. The van der Waals surface area contributed by atoms with Crippen LogP contribution in [0.4, 0.5) is 0 Å². The highest BCUT2D eigenvalue weighted by molar-refractivity contribution is 5.29. The second kappa shape index (κ2) is 6.91. The molecule has 0 radical (unpaired) electrons. The molecule has 0 bridgehead atoms. The van der Waals surface area contributed by atoms with Crippen LogP contribution in [0.5, 0.6) is 0 Å². The van der Waals surface area contributed by atoms with Crippen LogP contribution in [0.1, 0.15) is 36.0 Å². The van der Waals surface area contributed by atoms with E-state index in [2.05, 4.69) is 42.3 Å². The van der Waals surface area contributed by atoms with Crippen molar-refractivity contribution in [3.63, 3.8) is 0 Å². The Hall–Kier alpha value is -0.860. The summed E-state index contributed by atoms with van der Waals surface area (Å²) in [5, 5.41) is 3.55. The van der Waals surface area contributed by atoms with E-state index < -0.39 is 0 Å². The van der Waals surface area contributed by atoms with Gasteiger partial charge in [0, 0.05) is 6.54 Å². The molecule has 0 saturated carbocycles. The molecule has 0 aromatic heterocycles. The molecular weight excluding hydrogens is 220 g/mol. The summed E-state index contributed by atoms with van der Waals surface area (Å²) in [5.74, 6) is 0. The number of hydrogen-bond acceptors (Lipinski definition) is 2. The molecule has 1 N–H and O–H groups in total. The minimum Gasteiger partial charge on any atom is -0.313 e. The summed E-state index contributed by atoms with van der Waals surface area (Å²) in [6.45, 7) is 10.4. The van der Waals surface area contributed by atoms with Gasteiger partial charge in [-0.1, -0.05) is 18.2 Å². The number of nitrogens with zero attached hydrogens (tertiary/aromatic N) is 1. The van der Waals surface area contributed by atoms with E-state index in [0.29, 0.717) is 0 Å². The predicted molar refractivity (Wildman–Crippen MR) is 77.9 cm³/mol. The Morgan fingerprint density at radius 1 is 1.11 bits per heavy atom. The molecule has 2 nitrogen and oxygen atoms in total. The summed E-state index contributed by atoms with van der Waals surface area (Å²) in [4.78, 5) is 2.58. The van der Waals surface area contributed by atoms with Crippen LogP contribution in [0.15, 0.2) is 18.2 Å². The van der Waals surface area contributed by atoms with Crippen molar-refractivity contribution in [2.45, 2.75) is 39.7 Å². The Labute approximate surface area is 111 Å². The van der Waals surface area contributed by atoms with Gasteiger partial charge >= 0.3 is 0 Å². The lowest BCUT2D eigenvalue weighted by Crippen LogP contribution is -2.24. The molecule has 2 heteroatoms. The molecule has 0 atom stereocenters. The molecule has 1 aromatic rings. The third-order valence-corrected chi connectivity index (χ3v) is 3.93. The van der Waals surface area contributed by atoms with Gasteiger partial charge in [-0.25, -0.2) is 0 Å². The van der Waals surface area contributed by atoms with Gasteiger partial charge in [0.05, 0.1) is 0 Å². The summed E-state index contributed by atoms with van der Waals surface area (Å²) < 4.78 is 0. The number of aryl methyl sites for hydroxylation is 2. The van der Waals surface area contributed by atoms with Gasteiger partial charge in [0.1, 0.15) is 0 Å². The lowest BCUT2D eigenvalue weighted by Gasteiger charge is -2.14. The van der Waals surface area contributed by atoms with Gasteiger partial charge < -0.3 is 10.2 Å². The largest absolute Gasteiger partial charge is 0.313 e. The first kappa shape index (κ1) is 13.6. The van der Waals surface area contributed by atoms with Crippen LogP contribution in [0.3, 0.4) is 0 Å². The quantitative estimate of drug-likeness (QED) is 0.776. The molecule has 1 saturated heterocycles. The molecule has 100 valence electrons. The van der Waals surface area contributed by atoms with E-state index in [1.165, 1.54) is 55.6 Å². The van der Waals surface area contributed by atoms with E-state index in [4.69, 9.17) is 0 Å². The summed E-state index contributed by atoms with van der Waals surface area (Å²) >= 11 is 0. The Balaban J connectivity index is 1.61. The van der Waals surface area contributed by atoms with E-state index in [0.717, 1.165) is 13.1 Å². The smallest absolute Gasteiger partial charge is 0.0205 e. The van der Waals surface area contributed by atoms with E-state index >= 15 is 0 Å². The number of rotatable bonds is 6. The molecule has 0 spiro atoms. The third kappa shape index (κ3) is 4.11. The summed E-state index contributed by atoms with van der Waals surface area (Å²) in [5.41, 5.74) is 4.18. The van der Waals surface area contributed by atoms with Crippen molar-refractivity contribution >= 4 is 0 Å². The van der Waals surface area contributed by atoms with Gasteiger partial charge in [-0.2, -0.15) is 0 Å². The number of likely N-dealkylation sites (tertiary alicyclic amines) is 1. The highest BCUT2D eigenvalue weighted by Gasteiger charge is 2.09. The average Bonchev–Trinajstić information content (AvgIpc) is 2.86. The average molecular weight is 246 g/mol. The van der Waals surface area contributed by atoms with Gasteiger partial charge in [-0.15, -0.1) is 0 Å². The van der Waals surface area contributed by atoms with Gasteiger partial charge in [0.2, 0.25) is 0 Å². The fourth-order valence-corrected chi connectivity index (χ4v) is 2.58. The Morgan fingerprint density at radius 3 is 2.61 bits per heavy atom. The number of benzene rings is 1. The second-order valence-corrected chi connectivity index (χ2v) is 5.50. The van der Waals surface area contributed by atoms with E-state index in [1.54, 1.807) is 0 Å². The highest BCUT2D eigenvalue weighted by atomic mass is 15.1. The maximum absolute atomic E-state index is 3.55. The number of hydrogen-bond donors (Lipinski definition) is 1. The van der Waals surface area contributed by atoms with Crippen molar-refractivity contribution < 1.29 is 0 Å². The molecule has 1 aliphatic rings. The fourth-order valence-electron chi connectivity index (χ4n) is 2.58. The summed E-state index contributed by atoms with van der Waals surface area (Å²) in [7, 11) is 0. The van der Waals surface area contributed by atoms with Crippen molar-refractivity contribution in [1.82, 2.24) is 10.2 Å². The minimum atomic E-state index is 1.00. The third-order valence-electron chi connectivity index (χ3n) is 3.93. The van der Waals surface area contributed by atoms with Crippen LogP contribution < -0.4 is 5.32 Å². The molecule has 0 amide bonds. The van der Waals surface area contributed by atoms with Crippen molar-refractivity contribution in [3.05, 3.63) is 34.9 Å². The topological polar surface area (TPSA) is 15.3 Å². The monoisotopic (exact) mass is 246 g/mol. The molecule has 2 rings (SSSR count). The van der Waals surface area contributed by atoms with Crippen molar-refractivity contribution in [2.75, 3.05) is 26.2 Å². The molecule has 18 heavy (non-hydrogen) atoms. The Morgan fingerprint density at radius 2 is 1.89 bits per heavy atom. The van der Waals surface area contributed by atoms with Crippen molar-refractivity contribution in [3.8, 4) is 0 Å². The summed E-state index contributed by atoms with van der Waals surface area (Å²) in [6.07, 6.45) is 4.07. The fraction of sp³-hybridized carbons (Fsp3) is 0.625. The first-order valence-corrected chi connectivity index (χ1v) is 7.25. The molecule has 1 fully saturated rings. The normalized spacial score (nSPS) is 16.3. The van der Waals surface area contributed by atoms with Crippen molar-refractivity contribution in [1.29, 1.82) is 0 Å². The SMILES string of the molecule is Cc1ccc(CNCCCN2CCCC2)cc1C. The Kier molecular flexibility index (Phi) is 5.21. The lowest BCUT2D eigenvalue weighted by molar-refractivity contribution is 0.331.